The molecule has 2 aliphatic heterocycles. The second-order valence-electron chi connectivity index (χ2n) is 6.30. The summed E-state index contributed by atoms with van der Waals surface area (Å²) < 4.78 is 13.7. The summed E-state index contributed by atoms with van der Waals surface area (Å²) in [6.45, 7) is 1.91. The third-order valence-electron chi connectivity index (χ3n) is 4.45. The first kappa shape index (κ1) is 15.4. The van der Waals surface area contributed by atoms with Crippen LogP contribution in [0, 0.1) is 5.82 Å². The van der Waals surface area contributed by atoms with E-state index < -0.39 is 5.60 Å². The Morgan fingerprint density at radius 3 is 2.73 bits per heavy atom. The van der Waals surface area contributed by atoms with E-state index in [0.29, 0.717) is 38.0 Å². The fourth-order valence-electron chi connectivity index (χ4n) is 3.24. The van der Waals surface area contributed by atoms with E-state index in [9.17, 15) is 19.4 Å². The van der Waals surface area contributed by atoms with Gasteiger partial charge in [-0.1, -0.05) is 18.2 Å². The van der Waals surface area contributed by atoms with Crippen LogP contribution in [0.25, 0.3) is 0 Å². The van der Waals surface area contributed by atoms with Crippen molar-refractivity contribution in [3.05, 3.63) is 35.6 Å². The van der Waals surface area contributed by atoms with Crippen LogP contribution in [0.3, 0.4) is 0 Å². The highest BCUT2D eigenvalue weighted by atomic mass is 19.1. The molecule has 2 aliphatic rings. The number of piperidine rings is 1. The molecule has 0 saturated carbocycles. The number of carbonyl (C=O) groups is 1. The molecule has 2 heterocycles. The lowest BCUT2D eigenvalue weighted by atomic mass is 9.89. The molecule has 2 N–H and O–H groups in total. The number of aliphatic hydroxyl groups is 2. The first-order valence-corrected chi connectivity index (χ1v) is 7.63. The van der Waals surface area contributed by atoms with Gasteiger partial charge in [-0.15, -0.1) is 0 Å². The van der Waals surface area contributed by atoms with Crippen molar-refractivity contribution >= 4 is 5.91 Å². The van der Waals surface area contributed by atoms with Gasteiger partial charge in [0.15, 0.2) is 5.60 Å². The van der Waals surface area contributed by atoms with Crippen LogP contribution in [-0.2, 0) is 11.3 Å². The Morgan fingerprint density at radius 2 is 2.05 bits per heavy atom. The highest BCUT2D eigenvalue weighted by molar-refractivity contribution is 5.86. The Kier molecular flexibility index (Phi) is 4.16. The standard InChI is InChI=1S/C16H21FN2O3/c17-14-5-2-1-4-12(14)8-19-7-3-6-16(22,15(19)21)11-18-9-13(20)10-18/h1-2,4-5,13,20,22H,3,6-11H2/t16-/m0/s1. The van der Waals surface area contributed by atoms with Gasteiger partial charge in [-0.05, 0) is 18.9 Å². The number of amides is 1. The van der Waals surface area contributed by atoms with E-state index in [1.165, 1.54) is 11.0 Å². The molecule has 5 nitrogen and oxygen atoms in total. The Labute approximate surface area is 129 Å². The van der Waals surface area contributed by atoms with Gasteiger partial charge in [-0.25, -0.2) is 4.39 Å². The molecule has 1 atom stereocenters. The molecule has 0 radical (unpaired) electrons. The smallest absolute Gasteiger partial charge is 0.256 e. The van der Waals surface area contributed by atoms with Gasteiger partial charge in [-0.3, -0.25) is 9.69 Å². The molecule has 1 aromatic carbocycles. The van der Waals surface area contributed by atoms with Crippen molar-refractivity contribution in [2.24, 2.45) is 0 Å². The van der Waals surface area contributed by atoms with E-state index in [4.69, 9.17) is 0 Å². The number of β-amino-alcohol motifs (C(OH)–C–C–N with tert-alkyl or cyclic N) is 2. The van der Waals surface area contributed by atoms with Gasteiger partial charge in [0.1, 0.15) is 5.82 Å². The number of halogens is 1. The highest BCUT2D eigenvalue weighted by Crippen LogP contribution is 2.27. The summed E-state index contributed by atoms with van der Waals surface area (Å²) in [6.07, 6.45) is 0.732. The first-order valence-electron chi connectivity index (χ1n) is 7.63. The summed E-state index contributed by atoms with van der Waals surface area (Å²) in [5.41, 5.74) is -0.969. The Morgan fingerprint density at radius 1 is 1.32 bits per heavy atom. The molecule has 22 heavy (non-hydrogen) atoms. The molecule has 1 amide bonds. The van der Waals surface area contributed by atoms with Crippen molar-refractivity contribution in [1.82, 2.24) is 9.80 Å². The third kappa shape index (κ3) is 2.99. The number of benzene rings is 1. The number of rotatable bonds is 4. The van der Waals surface area contributed by atoms with Crippen molar-refractivity contribution in [2.75, 3.05) is 26.2 Å². The highest BCUT2D eigenvalue weighted by Gasteiger charge is 2.45. The van der Waals surface area contributed by atoms with Gasteiger partial charge >= 0.3 is 0 Å². The minimum atomic E-state index is -1.43. The van der Waals surface area contributed by atoms with Crippen molar-refractivity contribution < 1.29 is 19.4 Å². The normalized spacial score (nSPS) is 27.0. The average molecular weight is 308 g/mol. The summed E-state index contributed by atoms with van der Waals surface area (Å²) in [5.74, 6) is -0.682. The number of aliphatic hydroxyl groups excluding tert-OH is 1. The molecular formula is C16H21FN2O3. The van der Waals surface area contributed by atoms with Crippen molar-refractivity contribution in [3.8, 4) is 0 Å². The summed E-state index contributed by atoms with van der Waals surface area (Å²) >= 11 is 0. The van der Waals surface area contributed by atoms with Gasteiger partial charge < -0.3 is 15.1 Å². The average Bonchev–Trinajstić information content (AvgIpc) is 2.45. The Bertz CT molecular complexity index is 562. The van der Waals surface area contributed by atoms with Crippen LogP contribution >= 0.6 is 0 Å². The Balaban J connectivity index is 1.68. The lowest BCUT2D eigenvalue weighted by Gasteiger charge is -2.44. The van der Waals surface area contributed by atoms with Gasteiger partial charge in [0.05, 0.1) is 6.10 Å². The van der Waals surface area contributed by atoms with Gasteiger partial charge in [0.25, 0.3) is 5.91 Å². The zero-order chi connectivity index (χ0) is 15.7. The Hall–Kier alpha value is -1.50. The van der Waals surface area contributed by atoms with E-state index in [1.54, 1.807) is 18.2 Å². The lowest BCUT2D eigenvalue weighted by molar-refractivity contribution is -0.163. The molecular weight excluding hydrogens is 287 g/mol. The summed E-state index contributed by atoms with van der Waals surface area (Å²) in [7, 11) is 0. The van der Waals surface area contributed by atoms with E-state index in [2.05, 4.69) is 0 Å². The van der Waals surface area contributed by atoms with Crippen molar-refractivity contribution in [1.29, 1.82) is 0 Å². The number of nitrogens with zero attached hydrogens (tertiary/aromatic N) is 2. The molecule has 0 bridgehead atoms. The number of hydrogen-bond donors (Lipinski definition) is 2. The number of carbonyl (C=O) groups excluding carboxylic acids is 1. The molecule has 0 aliphatic carbocycles. The SMILES string of the molecule is O=C1N(Cc2ccccc2F)CCC[C@]1(O)CN1CC(O)C1. The maximum absolute atomic E-state index is 13.7. The third-order valence-corrected chi connectivity index (χ3v) is 4.45. The van der Waals surface area contributed by atoms with Crippen molar-refractivity contribution in [2.45, 2.75) is 31.1 Å². The van der Waals surface area contributed by atoms with Crippen LogP contribution in [0.2, 0.25) is 0 Å². The maximum Gasteiger partial charge on any atom is 0.256 e. The molecule has 6 heteroatoms. The topological polar surface area (TPSA) is 64.0 Å². The fourth-order valence-corrected chi connectivity index (χ4v) is 3.24. The largest absolute Gasteiger partial charge is 0.390 e. The van der Waals surface area contributed by atoms with Crippen LogP contribution in [0.15, 0.2) is 24.3 Å². The van der Waals surface area contributed by atoms with E-state index in [-0.39, 0.29) is 30.9 Å². The second kappa shape index (κ2) is 5.95. The van der Waals surface area contributed by atoms with Crippen LogP contribution in [-0.4, -0.2) is 63.8 Å². The van der Waals surface area contributed by atoms with Crippen molar-refractivity contribution in [3.63, 3.8) is 0 Å². The molecule has 2 saturated heterocycles. The summed E-state index contributed by atoms with van der Waals surface area (Å²) in [5, 5.41) is 20.0. The van der Waals surface area contributed by atoms with Crippen LogP contribution in [0.5, 0.6) is 0 Å². The predicted octanol–water partition coefficient (Wildman–Crippen LogP) is 0.356. The number of hydrogen-bond acceptors (Lipinski definition) is 4. The summed E-state index contributed by atoms with van der Waals surface area (Å²) in [6, 6.07) is 6.38. The second-order valence-corrected chi connectivity index (χ2v) is 6.30. The molecule has 2 fully saturated rings. The number of likely N-dealkylation sites (tertiary alicyclic amines) is 2. The van der Waals surface area contributed by atoms with Gasteiger partial charge in [0, 0.05) is 38.3 Å². The molecule has 120 valence electrons. The van der Waals surface area contributed by atoms with E-state index >= 15 is 0 Å². The predicted molar refractivity (Wildman–Crippen MR) is 78.4 cm³/mol. The molecule has 3 rings (SSSR count). The van der Waals surface area contributed by atoms with Crippen LogP contribution in [0.1, 0.15) is 18.4 Å². The lowest BCUT2D eigenvalue weighted by Crippen LogP contribution is -2.62. The minimum Gasteiger partial charge on any atom is -0.390 e. The molecule has 0 spiro atoms. The fraction of sp³-hybridized carbons (Fsp3) is 0.562. The van der Waals surface area contributed by atoms with Crippen LogP contribution < -0.4 is 0 Å². The molecule has 0 aromatic heterocycles. The van der Waals surface area contributed by atoms with Crippen LogP contribution in [0.4, 0.5) is 4.39 Å². The zero-order valence-electron chi connectivity index (χ0n) is 12.4. The monoisotopic (exact) mass is 308 g/mol. The molecule has 0 unspecified atom stereocenters. The quantitative estimate of drug-likeness (QED) is 0.843. The molecule has 1 aromatic rings. The minimum absolute atomic E-state index is 0.177. The maximum atomic E-state index is 13.7. The van der Waals surface area contributed by atoms with Gasteiger partial charge in [0.2, 0.25) is 0 Å². The summed E-state index contributed by atoms with van der Waals surface area (Å²) in [4.78, 5) is 16.0. The van der Waals surface area contributed by atoms with E-state index in [0.717, 1.165) is 0 Å². The van der Waals surface area contributed by atoms with Gasteiger partial charge in [-0.2, -0.15) is 0 Å². The zero-order valence-corrected chi connectivity index (χ0v) is 12.4. The van der Waals surface area contributed by atoms with E-state index in [1.807, 2.05) is 4.90 Å². The first-order chi connectivity index (χ1) is 10.5.